The fraction of sp³-hybridized carbons (Fsp3) is 0.318. The van der Waals surface area contributed by atoms with Gasteiger partial charge in [0.05, 0.1) is 18.0 Å². The Morgan fingerprint density at radius 3 is 2.38 bits per heavy atom. The number of rotatable bonds is 12. The maximum atomic E-state index is 13.3. The van der Waals surface area contributed by atoms with Crippen molar-refractivity contribution in [2.24, 2.45) is 14.1 Å². The molecule has 0 bridgehead atoms. The number of anilines is 3. The van der Waals surface area contributed by atoms with Crippen LogP contribution in [0.2, 0.25) is 0 Å². The number of carbonyl (C=O) groups is 4. The Bertz CT molecular complexity index is 2230. The number of carbonyl (C=O) groups excluding carboxylic acids is 4. The van der Waals surface area contributed by atoms with Gasteiger partial charge >= 0.3 is 0 Å². The summed E-state index contributed by atoms with van der Waals surface area (Å²) in [6.07, 6.45) is 9.83. The van der Waals surface area contributed by atoms with Crippen LogP contribution < -0.4 is 21.1 Å². The Labute approximate surface area is 321 Å². The molecular formula is C44H48N6O5. The second kappa shape index (κ2) is 16.1. The van der Waals surface area contributed by atoms with Crippen LogP contribution in [0.4, 0.5) is 17.1 Å². The van der Waals surface area contributed by atoms with Crippen molar-refractivity contribution < 1.29 is 23.9 Å². The first-order valence-corrected chi connectivity index (χ1v) is 19.0. The molecule has 0 spiro atoms. The second-order valence-electron chi connectivity index (χ2n) is 14.8. The average molecular weight is 741 g/mol. The van der Waals surface area contributed by atoms with Crippen LogP contribution in [0.1, 0.15) is 86.6 Å². The zero-order chi connectivity index (χ0) is 38.6. The van der Waals surface area contributed by atoms with Gasteiger partial charge in [-0.15, -0.1) is 0 Å². The van der Waals surface area contributed by atoms with Crippen molar-refractivity contribution >= 4 is 40.6 Å². The van der Waals surface area contributed by atoms with Crippen LogP contribution in [0.15, 0.2) is 85.2 Å². The van der Waals surface area contributed by atoms with E-state index in [-0.39, 0.29) is 36.3 Å². The van der Waals surface area contributed by atoms with Gasteiger partial charge < -0.3 is 35.1 Å². The number of ketones is 1. The summed E-state index contributed by atoms with van der Waals surface area (Å²) >= 11 is 0. The predicted molar refractivity (Wildman–Crippen MR) is 215 cm³/mol. The normalized spacial score (nSPS) is 15.1. The number of nitrogens with one attached hydrogen (secondary N) is 2. The highest BCUT2D eigenvalue weighted by Crippen LogP contribution is 2.33. The molecule has 3 amide bonds. The highest BCUT2D eigenvalue weighted by molar-refractivity contribution is 6.05. The van der Waals surface area contributed by atoms with Crippen LogP contribution in [-0.4, -0.2) is 56.7 Å². The molecule has 1 fully saturated rings. The molecule has 4 heterocycles. The van der Waals surface area contributed by atoms with Gasteiger partial charge in [-0.2, -0.15) is 0 Å². The van der Waals surface area contributed by atoms with E-state index in [1.165, 1.54) is 6.42 Å². The van der Waals surface area contributed by atoms with Crippen LogP contribution in [0.5, 0.6) is 5.75 Å². The molecule has 11 nitrogen and oxygen atoms in total. The third-order valence-electron chi connectivity index (χ3n) is 10.7. The predicted octanol–water partition coefficient (Wildman–Crippen LogP) is 7.34. The Hall–Kier alpha value is -6.10. The van der Waals surface area contributed by atoms with E-state index in [9.17, 15) is 19.2 Å². The number of aromatic nitrogens is 2. The number of hydrogen-bond acceptors (Lipinski definition) is 6. The molecule has 0 unspecified atom stereocenters. The number of aryl methyl sites for hydroxylation is 4. The summed E-state index contributed by atoms with van der Waals surface area (Å²) in [7, 11) is 3.61. The summed E-state index contributed by atoms with van der Waals surface area (Å²) in [5, 5.41) is 5.83. The van der Waals surface area contributed by atoms with Gasteiger partial charge in [-0.1, -0.05) is 24.3 Å². The Morgan fingerprint density at radius 2 is 1.60 bits per heavy atom. The molecule has 2 aromatic heterocycles. The van der Waals surface area contributed by atoms with Gasteiger partial charge in [-0.25, -0.2) is 0 Å². The molecule has 0 radical (unpaired) electrons. The van der Waals surface area contributed by atoms with E-state index in [1.54, 1.807) is 36.0 Å². The first-order valence-electron chi connectivity index (χ1n) is 19.0. The molecule has 1 atom stereocenters. The minimum absolute atomic E-state index is 0.0107. The molecule has 2 aliphatic rings. The van der Waals surface area contributed by atoms with Crippen molar-refractivity contribution in [3.8, 4) is 16.9 Å². The quantitative estimate of drug-likeness (QED) is 0.0695. The molecule has 2 aliphatic heterocycles. The van der Waals surface area contributed by atoms with E-state index >= 15 is 0 Å². The third kappa shape index (κ3) is 8.51. The van der Waals surface area contributed by atoms with E-state index in [0.717, 1.165) is 71.4 Å². The summed E-state index contributed by atoms with van der Waals surface area (Å²) in [6, 6.07) is 22.6. The van der Waals surface area contributed by atoms with Crippen LogP contribution in [0, 0.1) is 6.92 Å². The smallest absolute Gasteiger partial charge is 0.272 e. The van der Waals surface area contributed by atoms with E-state index in [4.69, 9.17) is 10.5 Å². The van der Waals surface area contributed by atoms with Crippen molar-refractivity contribution in [2.75, 3.05) is 29.5 Å². The second-order valence-corrected chi connectivity index (χ2v) is 14.8. The van der Waals surface area contributed by atoms with Crippen molar-refractivity contribution in [1.82, 2.24) is 14.0 Å². The summed E-state index contributed by atoms with van der Waals surface area (Å²) < 4.78 is 9.60. The lowest BCUT2D eigenvalue weighted by Gasteiger charge is -2.34. The minimum Gasteiger partial charge on any atom is -0.493 e. The molecule has 1 saturated heterocycles. The number of piperidine rings is 1. The van der Waals surface area contributed by atoms with Gasteiger partial charge in [0, 0.05) is 74.4 Å². The molecular weight excluding hydrogens is 693 g/mol. The summed E-state index contributed by atoms with van der Waals surface area (Å²) in [6.45, 7) is 3.17. The maximum Gasteiger partial charge on any atom is 0.272 e. The van der Waals surface area contributed by atoms with Gasteiger partial charge in [-0.3, -0.25) is 19.2 Å². The van der Waals surface area contributed by atoms with Crippen molar-refractivity contribution in [1.29, 1.82) is 0 Å². The average Bonchev–Trinajstić information content (AvgIpc) is 3.71. The monoisotopic (exact) mass is 740 g/mol. The zero-order valence-corrected chi connectivity index (χ0v) is 31.7. The van der Waals surface area contributed by atoms with Gasteiger partial charge in [-0.05, 0) is 116 Å². The SMILES string of the molecule is Cc1cc2c(cc1OCCCC(=O)Nc1cc(C(=O)Nc3ccc(-c4cc(C(=O)Cc5ccc(N)cc5)n(C)c4)cc3)n(C)c1)CC[C@@H]1CCCCN1C2=O. The Balaban J connectivity index is 0.887. The number of ether oxygens (including phenoxy) is 1. The lowest BCUT2D eigenvalue weighted by Crippen LogP contribution is -2.42. The number of nitrogens with zero attached hydrogens (tertiary/aromatic N) is 3. The van der Waals surface area contributed by atoms with E-state index in [2.05, 4.69) is 15.5 Å². The summed E-state index contributed by atoms with van der Waals surface area (Å²) in [5.41, 5.74) is 14.0. The largest absolute Gasteiger partial charge is 0.493 e. The lowest BCUT2D eigenvalue weighted by molar-refractivity contribution is -0.116. The molecule has 11 heteroatoms. The molecule has 7 rings (SSSR count). The Morgan fingerprint density at radius 1 is 0.836 bits per heavy atom. The number of nitrogens with two attached hydrogens (primary N) is 1. The lowest BCUT2D eigenvalue weighted by atomic mass is 9.97. The minimum atomic E-state index is -0.312. The number of benzene rings is 3. The van der Waals surface area contributed by atoms with Crippen molar-refractivity contribution in [2.45, 2.75) is 64.3 Å². The number of hydrogen-bond donors (Lipinski definition) is 3. The van der Waals surface area contributed by atoms with Gasteiger partial charge in [0.25, 0.3) is 11.8 Å². The number of fused-ring (bicyclic) bond motifs is 2. The summed E-state index contributed by atoms with van der Waals surface area (Å²) in [5.74, 6) is 0.422. The Kier molecular flexibility index (Phi) is 10.9. The van der Waals surface area contributed by atoms with Crippen molar-refractivity contribution in [3.05, 3.63) is 119 Å². The molecule has 5 aromatic rings. The van der Waals surface area contributed by atoms with Gasteiger partial charge in [0.2, 0.25) is 5.91 Å². The van der Waals surface area contributed by atoms with Crippen LogP contribution in [-0.2, 0) is 31.7 Å². The van der Waals surface area contributed by atoms with Gasteiger partial charge in [0.1, 0.15) is 11.4 Å². The van der Waals surface area contributed by atoms with Crippen molar-refractivity contribution in [3.63, 3.8) is 0 Å². The zero-order valence-electron chi connectivity index (χ0n) is 31.7. The van der Waals surface area contributed by atoms with Gasteiger partial charge in [0.15, 0.2) is 5.78 Å². The molecule has 55 heavy (non-hydrogen) atoms. The third-order valence-corrected chi connectivity index (χ3v) is 10.7. The molecule has 0 aliphatic carbocycles. The number of nitrogen functional groups attached to an aromatic ring is 1. The summed E-state index contributed by atoms with van der Waals surface area (Å²) in [4.78, 5) is 54.4. The fourth-order valence-electron chi connectivity index (χ4n) is 7.69. The maximum absolute atomic E-state index is 13.3. The van der Waals surface area contributed by atoms with E-state index < -0.39 is 0 Å². The number of amides is 3. The first-order chi connectivity index (χ1) is 26.5. The van der Waals surface area contributed by atoms with Crippen LogP contribution in [0.25, 0.3) is 11.1 Å². The number of Topliss-reactive ketones (excluding diaryl/α,β-unsaturated/α-hetero) is 1. The fourth-order valence-corrected chi connectivity index (χ4v) is 7.69. The highest BCUT2D eigenvalue weighted by Gasteiger charge is 2.32. The van der Waals surface area contributed by atoms with Crippen LogP contribution in [0.3, 0.4) is 0 Å². The van der Waals surface area contributed by atoms with Crippen LogP contribution >= 0.6 is 0 Å². The molecule has 284 valence electrons. The molecule has 0 saturated carbocycles. The first kappa shape index (κ1) is 37.2. The van der Waals surface area contributed by atoms with E-state index in [0.29, 0.717) is 47.5 Å². The molecule has 3 aromatic carbocycles. The standard InChI is InChI=1S/C44H48N6O5/c1-28-21-37-31(13-18-36-7-4-5-19-50(36)44(37)54)24-41(28)55-20-6-8-42(52)46-35-25-39(49(3)27-35)43(53)47-34-16-11-30(12-17-34)32-23-38(48(2)26-32)40(51)22-29-9-14-33(45)15-10-29/h9-12,14-17,21,23-27,36H,4-8,13,18-20,22,45H2,1-3H3,(H,46,52)(H,47,53)/t36-/m0/s1. The van der Waals surface area contributed by atoms with E-state index in [1.807, 2.05) is 79.3 Å². The molecule has 4 N–H and O–H groups in total. The highest BCUT2D eigenvalue weighted by atomic mass is 16.5. The topological polar surface area (TPSA) is 141 Å².